The van der Waals surface area contributed by atoms with Crippen LogP contribution in [0.5, 0.6) is 11.5 Å². The van der Waals surface area contributed by atoms with Gasteiger partial charge in [-0.2, -0.15) is 5.10 Å². The van der Waals surface area contributed by atoms with Gasteiger partial charge in [0.2, 0.25) is 0 Å². The zero-order valence-corrected chi connectivity index (χ0v) is 12.2. The molecule has 0 saturated heterocycles. The fourth-order valence-electron chi connectivity index (χ4n) is 2.03. The lowest BCUT2D eigenvalue weighted by atomic mass is 10.2. The van der Waals surface area contributed by atoms with E-state index in [9.17, 15) is 0 Å². The minimum absolute atomic E-state index is 0.481. The van der Waals surface area contributed by atoms with Gasteiger partial charge in [0, 0.05) is 30.9 Å². The molecule has 0 saturated carbocycles. The summed E-state index contributed by atoms with van der Waals surface area (Å²) in [5.41, 5.74) is 2.12. The van der Waals surface area contributed by atoms with Crippen LogP contribution in [-0.4, -0.2) is 23.4 Å². The molecule has 0 aliphatic heterocycles. The number of nitrogens with zero attached hydrogens (tertiary/aromatic N) is 2. The summed E-state index contributed by atoms with van der Waals surface area (Å²) in [6.07, 6.45) is 3.75. The Morgan fingerprint density at radius 3 is 2.80 bits per heavy atom. The van der Waals surface area contributed by atoms with Gasteiger partial charge < -0.3 is 14.8 Å². The number of benzene rings is 1. The van der Waals surface area contributed by atoms with Crippen molar-refractivity contribution in [2.24, 2.45) is 7.05 Å². The van der Waals surface area contributed by atoms with E-state index >= 15 is 0 Å². The second-order valence-corrected chi connectivity index (χ2v) is 4.52. The molecule has 108 valence electrons. The van der Waals surface area contributed by atoms with Crippen LogP contribution in [0.15, 0.2) is 30.6 Å². The minimum Gasteiger partial charge on any atom is -0.490 e. The molecule has 0 radical (unpaired) electrons. The van der Waals surface area contributed by atoms with Crippen LogP contribution >= 0.6 is 0 Å². The standard InChI is InChI=1S/C15H21N3O2/c1-4-19-14-7-5-6-13(9-16-2)15(14)20-11-12-8-17-18(3)10-12/h5-8,10,16H,4,9,11H2,1-3H3. The van der Waals surface area contributed by atoms with Gasteiger partial charge in [-0.05, 0) is 20.0 Å². The van der Waals surface area contributed by atoms with Crippen LogP contribution < -0.4 is 14.8 Å². The smallest absolute Gasteiger partial charge is 0.166 e. The Kier molecular flexibility index (Phi) is 5.01. The number of rotatable bonds is 7. The number of aryl methyl sites for hydroxylation is 1. The first-order chi connectivity index (χ1) is 9.74. The molecule has 1 aromatic carbocycles. The molecule has 0 atom stereocenters. The maximum atomic E-state index is 5.95. The third kappa shape index (κ3) is 3.51. The Labute approximate surface area is 119 Å². The normalized spacial score (nSPS) is 10.6. The summed E-state index contributed by atoms with van der Waals surface area (Å²) in [6.45, 7) is 3.81. The molecule has 0 unspecified atom stereocenters. The van der Waals surface area contributed by atoms with Gasteiger partial charge in [-0.15, -0.1) is 0 Å². The lowest BCUT2D eigenvalue weighted by Gasteiger charge is -2.15. The number of aromatic nitrogens is 2. The average molecular weight is 275 g/mol. The summed E-state index contributed by atoms with van der Waals surface area (Å²) in [4.78, 5) is 0. The molecule has 0 spiro atoms. The van der Waals surface area contributed by atoms with Gasteiger partial charge in [-0.3, -0.25) is 4.68 Å². The van der Waals surface area contributed by atoms with Crippen LogP contribution in [0.3, 0.4) is 0 Å². The Morgan fingerprint density at radius 2 is 2.15 bits per heavy atom. The van der Waals surface area contributed by atoms with Crippen LogP contribution in [-0.2, 0) is 20.2 Å². The summed E-state index contributed by atoms with van der Waals surface area (Å²) < 4.78 is 13.4. The van der Waals surface area contributed by atoms with Gasteiger partial charge in [0.05, 0.1) is 12.8 Å². The molecule has 2 rings (SSSR count). The van der Waals surface area contributed by atoms with Gasteiger partial charge in [0.15, 0.2) is 11.5 Å². The van der Waals surface area contributed by atoms with Crippen molar-refractivity contribution in [3.63, 3.8) is 0 Å². The SMILES string of the molecule is CCOc1cccc(CNC)c1OCc1cnn(C)c1. The quantitative estimate of drug-likeness (QED) is 0.841. The average Bonchev–Trinajstić information content (AvgIpc) is 2.84. The Balaban J connectivity index is 2.18. The Bertz CT molecular complexity index is 528. The summed E-state index contributed by atoms with van der Waals surface area (Å²) >= 11 is 0. The highest BCUT2D eigenvalue weighted by Gasteiger charge is 2.11. The molecule has 1 N–H and O–H groups in total. The highest BCUT2D eigenvalue weighted by atomic mass is 16.5. The van der Waals surface area contributed by atoms with Gasteiger partial charge >= 0.3 is 0 Å². The van der Waals surface area contributed by atoms with Crippen molar-refractivity contribution in [1.82, 2.24) is 15.1 Å². The maximum absolute atomic E-state index is 5.95. The van der Waals surface area contributed by atoms with Crippen molar-refractivity contribution in [3.8, 4) is 11.5 Å². The molecule has 1 heterocycles. The fraction of sp³-hybridized carbons (Fsp3) is 0.400. The molecular weight excluding hydrogens is 254 g/mol. The van der Waals surface area contributed by atoms with Crippen molar-refractivity contribution in [1.29, 1.82) is 0 Å². The fourth-order valence-corrected chi connectivity index (χ4v) is 2.03. The highest BCUT2D eigenvalue weighted by Crippen LogP contribution is 2.32. The van der Waals surface area contributed by atoms with Crippen LogP contribution in [0.25, 0.3) is 0 Å². The molecular formula is C15H21N3O2. The monoisotopic (exact) mass is 275 g/mol. The van der Waals surface area contributed by atoms with Gasteiger partial charge in [-0.25, -0.2) is 0 Å². The third-order valence-electron chi connectivity index (χ3n) is 2.87. The molecule has 0 fully saturated rings. The van der Waals surface area contributed by atoms with Crippen LogP contribution in [0.1, 0.15) is 18.1 Å². The molecule has 5 nitrogen and oxygen atoms in total. The largest absolute Gasteiger partial charge is 0.490 e. The van der Waals surface area contributed by atoms with E-state index in [1.54, 1.807) is 10.9 Å². The zero-order chi connectivity index (χ0) is 14.4. The zero-order valence-electron chi connectivity index (χ0n) is 12.2. The molecule has 2 aromatic rings. The molecule has 0 aliphatic rings. The van der Waals surface area contributed by atoms with Crippen LogP contribution in [0, 0.1) is 0 Å². The van der Waals surface area contributed by atoms with E-state index in [0.29, 0.717) is 13.2 Å². The Hall–Kier alpha value is -2.01. The van der Waals surface area contributed by atoms with E-state index in [2.05, 4.69) is 10.4 Å². The molecule has 0 aliphatic carbocycles. The second kappa shape index (κ2) is 6.96. The first-order valence-corrected chi connectivity index (χ1v) is 6.74. The first-order valence-electron chi connectivity index (χ1n) is 6.74. The van der Waals surface area contributed by atoms with E-state index in [1.807, 2.05) is 45.4 Å². The number of ether oxygens (including phenoxy) is 2. The predicted molar refractivity (Wildman–Crippen MR) is 77.9 cm³/mol. The Morgan fingerprint density at radius 1 is 1.30 bits per heavy atom. The second-order valence-electron chi connectivity index (χ2n) is 4.52. The number of hydrogen-bond donors (Lipinski definition) is 1. The van der Waals surface area contributed by atoms with Crippen molar-refractivity contribution in [3.05, 3.63) is 41.7 Å². The van der Waals surface area contributed by atoms with E-state index < -0.39 is 0 Å². The number of hydrogen-bond acceptors (Lipinski definition) is 4. The summed E-state index contributed by atoms with van der Waals surface area (Å²) in [7, 11) is 3.81. The molecule has 0 bridgehead atoms. The first kappa shape index (κ1) is 14.4. The lowest BCUT2D eigenvalue weighted by molar-refractivity contribution is 0.266. The van der Waals surface area contributed by atoms with Crippen molar-refractivity contribution >= 4 is 0 Å². The number of nitrogens with one attached hydrogen (secondary N) is 1. The van der Waals surface area contributed by atoms with E-state index in [4.69, 9.17) is 9.47 Å². The molecule has 20 heavy (non-hydrogen) atoms. The van der Waals surface area contributed by atoms with E-state index in [1.165, 1.54) is 0 Å². The molecule has 1 aromatic heterocycles. The summed E-state index contributed by atoms with van der Waals surface area (Å²) in [5.74, 6) is 1.58. The van der Waals surface area contributed by atoms with Crippen molar-refractivity contribution in [2.75, 3.05) is 13.7 Å². The van der Waals surface area contributed by atoms with E-state index in [0.717, 1.165) is 29.2 Å². The van der Waals surface area contributed by atoms with E-state index in [-0.39, 0.29) is 0 Å². The predicted octanol–water partition coefficient (Wildman–Crippen LogP) is 2.12. The van der Waals surface area contributed by atoms with Crippen molar-refractivity contribution in [2.45, 2.75) is 20.1 Å². The molecule has 5 heteroatoms. The highest BCUT2D eigenvalue weighted by molar-refractivity contribution is 5.46. The maximum Gasteiger partial charge on any atom is 0.166 e. The van der Waals surface area contributed by atoms with Gasteiger partial charge in [-0.1, -0.05) is 12.1 Å². The van der Waals surface area contributed by atoms with Crippen LogP contribution in [0.2, 0.25) is 0 Å². The summed E-state index contributed by atoms with van der Waals surface area (Å²) in [5, 5.41) is 7.28. The molecule has 0 amide bonds. The topological polar surface area (TPSA) is 48.3 Å². The minimum atomic E-state index is 0.481. The summed E-state index contributed by atoms with van der Waals surface area (Å²) in [6, 6.07) is 5.95. The lowest BCUT2D eigenvalue weighted by Crippen LogP contribution is -2.09. The number of para-hydroxylation sites is 1. The third-order valence-corrected chi connectivity index (χ3v) is 2.87. The van der Waals surface area contributed by atoms with Gasteiger partial charge in [0.25, 0.3) is 0 Å². The van der Waals surface area contributed by atoms with Gasteiger partial charge in [0.1, 0.15) is 6.61 Å². The van der Waals surface area contributed by atoms with Crippen molar-refractivity contribution < 1.29 is 9.47 Å². The van der Waals surface area contributed by atoms with Crippen LogP contribution in [0.4, 0.5) is 0 Å².